The zero-order valence-electron chi connectivity index (χ0n) is 13.4. The predicted octanol–water partition coefficient (Wildman–Crippen LogP) is 3.32. The Morgan fingerprint density at radius 1 is 1.45 bits per heavy atom. The molecule has 2 unspecified atom stereocenters. The quantitative estimate of drug-likeness (QED) is 0.865. The van der Waals surface area contributed by atoms with E-state index in [4.69, 9.17) is 4.74 Å². The van der Waals surface area contributed by atoms with Crippen molar-refractivity contribution in [1.29, 1.82) is 0 Å². The van der Waals surface area contributed by atoms with Crippen LogP contribution in [-0.2, 0) is 11.3 Å². The van der Waals surface area contributed by atoms with Crippen LogP contribution in [0.25, 0.3) is 0 Å². The molecule has 0 aliphatic heterocycles. The summed E-state index contributed by atoms with van der Waals surface area (Å²) in [6.45, 7) is 12.9. The predicted molar refractivity (Wildman–Crippen MR) is 82.6 cm³/mol. The lowest BCUT2D eigenvalue weighted by atomic mass is 9.64. The Labute approximate surface area is 123 Å². The summed E-state index contributed by atoms with van der Waals surface area (Å²) >= 11 is 0. The van der Waals surface area contributed by atoms with E-state index in [1.807, 2.05) is 12.4 Å². The number of aromatic nitrogens is 1. The van der Waals surface area contributed by atoms with Crippen LogP contribution in [0.3, 0.4) is 0 Å². The largest absolute Gasteiger partial charge is 0.377 e. The number of hydrogen-bond acceptors (Lipinski definition) is 3. The summed E-state index contributed by atoms with van der Waals surface area (Å²) in [5, 5.41) is 3.66. The first-order valence-corrected chi connectivity index (χ1v) is 7.65. The Kier molecular flexibility index (Phi) is 4.82. The maximum Gasteiger partial charge on any atom is 0.0656 e. The Morgan fingerprint density at radius 3 is 2.80 bits per heavy atom. The van der Waals surface area contributed by atoms with Crippen molar-refractivity contribution in [3.05, 3.63) is 29.6 Å². The van der Waals surface area contributed by atoms with Crippen molar-refractivity contribution in [3.63, 3.8) is 0 Å². The summed E-state index contributed by atoms with van der Waals surface area (Å²) in [6.07, 6.45) is 5.30. The monoisotopic (exact) mass is 276 g/mol. The summed E-state index contributed by atoms with van der Waals surface area (Å²) in [4.78, 5) is 4.20. The van der Waals surface area contributed by atoms with E-state index in [0.717, 1.165) is 19.6 Å². The fraction of sp³-hybridized carbons (Fsp3) is 0.706. The lowest BCUT2D eigenvalue weighted by Gasteiger charge is -2.52. The molecule has 2 rings (SSSR count). The van der Waals surface area contributed by atoms with Crippen LogP contribution in [0, 0.1) is 18.3 Å². The summed E-state index contributed by atoms with van der Waals surface area (Å²) in [5.41, 5.74) is 2.80. The summed E-state index contributed by atoms with van der Waals surface area (Å²) in [5.74, 6) is 0.607. The highest BCUT2D eigenvalue weighted by molar-refractivity contribution is 5.21. The van der Waals surface area contributed by atoms with Crippen molar-refractivity contribution in [2.24, 2.45) is 11.3 Å². The fourth-order valence-electron chi connectivity index (χ4n) is 2.74. The highest BCUT2D eigenvalue weighted by Crippen LogP contribution is 2.43. The number of ether oxygens (including phenoxy) is 1. The number of rotatable bonds is 6. The van der Waals surface area contributed by atoms with Gasteiger partial charge < -0.3 is 10.1 Å². The molecule has 1 aromatic heterocycles. The van der Waals surface area contributed by atoms with E-state index >= 15 is 0 Å². The van der Waals surface area contributed by atoms with Crippen molar-refractivity contribution in [3.8, 4) is 0 Å². The first kappa shape index (κ1) is 15.5. The van der Waals surface area contributed by atoms with E-state index in [9.17, 15) is 0 Å². The normalized spacial score (nSPS) is 24.7. The minimum Gasteiger partial charge on any atom is -0.377 e. The third kappa shape index (κ3) is 3.39. The van der Waals surface area contributed by atoms with Gasteiger partial charge in [0.25, 0.3) is 0 Å². The number of hydrogen-bond donors (Lipinski definition) is 1. The van der Waals surface area contributed by atoms with Gasteiger partial charge in [-0.3, -0.25) is 4.98 Å². The first-order valence-electron chi connectivity index (χ1n) is 7.65. The number of aryl methyl sites for hydroxylation is 1. The average Bonchev–Trinajstić information content (AvgIpc) is 2.38. The molecule has 1 fully saturated rings. The van der Waals surface area contributed by atoms with Crippen LogP contribution >= 0.6 is 0 Å². The average molecular weight is 276 g/mol. The van der Waals surface area contributed by atoms with Gasteiger partial charge in [0, 0.05) is 37.0 Å². The van der Waals surface area contributed by atoms with Gasteiger partial charge in [0.2, 0.25) is 0 Å². The van der Waals surface area contributed by atoms with Crippen molar-refractivity contribution < 1.29 is 4.74 Å². The lowest BCUT2D eigenvalue weighted by molar-refractivity contribution is -0.124. The molecule has 2 atom stereocenters. The van der Waals surface area contributed by atoms with E-state index in [0.29, 0.717) is 18.1 Å². The molecule has 1 aliphatic rings. The standard InChI is InChI=1S/C17H28N2O/c1-12(2)11-20-16-8-15(17(16,4)5)19-10-14-9-18-7-6-13(14)3/h6-7,9,12,15-16,19H,8,10-11H2,1-5H3. The molecular weight excluding hydrogens is 248 g/mol. The minimum atomic E-state index is 0.213. The van der Waals surface area contributed by atoms with Crippen LogP contribution in [0.2, 0.25) is 0 Å². The highest BCUT2D eigenvalue weighted by Gasteiger charge is 2.48. The molecular formula is C17H28N2O. The molecule has 0 amide bonds. The Morgan fingerprint density at radius 2 is 2.20 bits per heavy atom. The van der Waals surface area contributed by atoms with Crippen molar-refractivity contribution in [2.75, 3.05) is 6.61 Å². The molecule has 1 aromatic rings. The second kappa shape index (κ2) is 6.23. The maximum absolute atomic E-state index is 6.01. The van der Waals surface area contributed by atoms with Crippen molar-refractivity contribution in [2.45, 2.75) is 59.7 Å². The second-order valence-corrected chi connectivity index (χ2v) is 7.01. The van der Waals surface area contributed by atoms with E-state index in [-0.39, 0.29) is 5.41 Å². The van der Waals surface area contributed by atoms with Crippen LogP contribution in [0.5, 0.6) is 0 Å². The van der Waals surface area contributed by atoms with E-state index in [2.05, 4.69) is 51.0 Å². The molecule has 20 heavy (non-hydrogen) atoms. The van der Waals surface area contributed by atoms with Crippen molar-refractivity contribution >= 4 is 0 Å². The van der Waals surface area contributed by atoms with Gasteiger partial charge >= 0.3 is 0 Å². The smallest absolute Gasteiger partial charge is 0.0656 e. The van der Waals surface area contributed by atoms with E-state index < -0.39 is 0 Å². The van der Waals surface area contributed by atoms with Gasteiger partial charge in [0.15, 0.2) is 0 Å². The zero-order chi connectivity index (χ0) is 14.8. The molecule has 1 aliphatic carbocycles. The van der Waals surface area contributed by atoms with E-state index in [1.54, 1.807) is 0 Å². The van der Waals surface area contributed by atoms with Gasteiger partial charge in [-0.1, -0.05) is 27.7 Å². The first-order chi connectivity index (χ1) is 9.41. The van der Waals surface area contributed by atoms with Crippen LogP contribution in [-0.4, -0.2) is 23.7 Å². The Bertz CT molecular complexity index is 442. The minimum absolute atomic E-state index is 0.213. The van der Waals surface area contributed by atoms with E-state index in [1.165, 1.54) is 11.1 Å². The number of nitrogens with one attached hydrogen (secondary N) is 1. The van der Waals surface area contributed by atoms with Gasteiger partial charge in [0.05, 0.1) is 6.10 Å². The van der Waals surface area contributed by atoms with Crippen LogP contribution < -0.4 is 5.32 Å². The van der Waals surface area contributed by atoms with Gasteiger partial charge in [-0.25, -0.2) is 0 Å². The molecule has 0 spiro atoms. The Balaban J connectivity index is 1.82. The summed E-state index contributed by atoms with van der Waals surface area (Å²) < 4.78 is 6.01. The second-order valence-electron chi connectivity index (χ2n) is 7.01. The molecule has 3 nitrogen and oxygen atoms in total. The molecule has 0 aromatic carbocycles. The molecule has 1 saturated carbocycles. The van der Waals surface area contributed by atoms with Gasteiger partial charge in [0.1, 0.15) is 0 Å². The summed E-state index contributed by atoms with van der Waals surface area (Å²) in [7, 11) is 0. The van der Waals surface area contributed by atoms with Gasteiger partial charge in [-0.15, -0.1) is 0 Å². The van der Waals surface area contributed by atoms with Gasteiger partial charge in [-0.05, 0) is 36.5 Å². The highest BCUT2D eigenvalue weighted by atomic mass is 16.5. The number of nitrogens with zero attached hydrogens (tertiary/aromatic N) is 1. The molecule has 3 heteroatoms. The molecule has 1 N–H and O–H groups in total. The van der Waals surface area contributed by atoms with Gasteiger partial charge in [-0.2, -0.15) is 0 Å². The lowest BCUT2D eigenvalue weighted by Crippen LogP contribution is -2.60. The third-order valence-corrected chi connectivity index (χ3v) is 4.49. The fourth-order valence-corrected chi connectivity index (χ4v) is 2.74. The summed E-state index contributed by atoms with van der Waals surface area (Å²) in [6, 6.07) is 2.59. The topological polar surface area (TPSA) is 34.2 Å². The SMILES string of the molecule is Cc1ccncc1CNC1CC(OCC(C)C)C1(C)C. The van der Waals surface area contributed by atoms with Crippen LogP contribution in [0.4, 0.5) is 0 Å². The Hall–Kier alpha value is -0.930. The maximum atomic E-state index is 6.01. The molecule has 0 saturated heterocycles. The third-order valence-electron chi connectivity index (χ3n) is 4.49. The van der Waals surface area contributed by atoms with Crippen LogP contribution in [0.1, 0.15) is 45.2 Å². The molecule has 112 valence electrons. The number of pyridine rings is 1. The molecule has 1 heterocycles. The zero-order valence-corrected chi connectivity index (χ0v) is 13.4. The molecule has 0 radical (unpaired) electrons. The molecule has 0 bridgehead atoms. The van der Waals surface area contributed by atoms with Crippen LogP contribution in [0.15, 0.2) is 18.5 Å². The van der Waals surface area contributed by atoms with Crippen molar-refractivity contribution in [1.82, 2.24) is 10.3 Å².